The summed E-state index contributed by atoms with van der Waals surface area (Å²) in [6.45, 7) is 8.27. The van der Waals surface area contributed by atoms with Crippen LogP contribution in [0.25, 0.3) is 0 Å². The van der Waals surface area contributed by atoms with E-state index in [1.165, 1.54) is 16.7 Å². The minimum Gasteiger partial charge on any atom is -0.349 e. The number of amides is 1. The van der Waals surface area contributed by atoms with E-state index in [4.69, 9.17) is 0 Å². The molecule has 1 saturated heterocycles. The van der Waals surface area contributed by atoms with Gasteiger partial charge in [0, 0.05) is 6.54 Å². The van der Waals surface area contributed by atoms with E-state index in [1.807, 2.05) is 0 Å². The van der Waals surface area contributed by atoms with Gasteiger partial charge in [-0.3, -0.25) is 4.79 Å². The van der Waals surface area contributed by atoms with Crippen molar-refractivity contribution in [1.29, 1.82) is 0 Å². The number of carbonyl (C=O) groups is 1. The first kappa shape index (κ1) is 15.0. The standard InChI is InChI=1S/C17H26N2O/c1-12-7-8-16(13(2)10-12)14(3)18-17(20)15-6-5-9-19(4)11-15/h7-8,10,14-15H,5-6,9,11H2,1-4H3,(H,18,20)/t14-,15+/m1/s1. The first-order valence-electron chi connectivity index (χ1n) is 7.53. The molecular formula is C17H26N2O. The number of benzene rings is 1. The Balaban J connectivity index is 1.99. The second-order valence-corrected chi connectivity index (χ2v) is 6.19. The molecule has 0 bridgehead atoms. The highest BCUT2D eigenvalue weighted by molar-refractivity contribution is 5.79. The van der Waals surface area contributed by atoms with Gasteiger partial charge in [0.25, 0.3) is 0 Å². The Morgan fingerprint density at radius 3 is 2.80 bits per heavy atom. The summed E-state index contributed by atoms with van der Waals surface area (Å²) in [6, 6.07) is 6.49. The van der Waals surface area contributed by atoms with Crippen molar-refractivity contribution in [2.45, 2.75) is 39.7 Å². The highest BCUT2D eigenvalue weighted by atomic mass is 16.2. The third-order valence-electron chi connectivity index (χ3n) is 4.25. The number of nitrogens with one attached hydrogen (secondary N) is 1. The monoisotopic (exact) mass is 274 g/mol. The lowest BCUT2D eigenvalue weighted by Gasteiger charge is -2.30. The minimum absolute atomic E-state index is 0.0790. The van der Waals surface area contributed by atoms with Crippen LogP contribution in [0.1, 0.15) is 42.5 Å². The summed E-state index contributed by atoms with van der Waals surface area (Å²) in [5.74, 6) is 0.339. The molecule has 20 heavy (non-hydrogen) atoms. The van der Waals surface area contributed by atoms with Crippen molar-refractivity contribution in [2.75, 3.05) is 20.1 Å². The average molecular weight is 274 g/mol. The van der Waals surface area contributed by atoms with E-state index in [2.05, 4.69) is 56.2 Å². The summed E-state index contributed by atoms with van der Waals surface area (Å²) in [7, 11) is 2.09. The lowest BCUT2D eigenvalue weighted by atomic mass is 9.96. The summed E-state index contributed by atoms with van der Waals surface area (Å²) in [5, 5.41) is 3.18. The number of piperidine rings is 1. The van der Waals surface area contributed by atoms with Crippen LogP contribution in [0.2, 0.25) is 0 Å². The molecule has 1 heterocycles. The summed E-state index contributed by atoms with van der Waals surface area (Å²) in [6.07, 6.45) is 2.13. The molecule has 2 rings (SSSR count). The van der Waals surface area contributed by atoms with Crippen molar-refractivity contribution >= 4 is 5.91 Å². The van der Waals surface area contributed by atoms with Crippen molar-refractivity contribution in [2.24, 2.45) is 5.92 Å². The second-order valence-electron chi connectivity index (χ2n) is 6.19. The molecule has 0 aliphatic carbocycles. The van der Waals surface area contributed by atoms with Crippen molar-refractivity contribution in [3.63, 3.8) is 0 Å². The Labute approximate surface area is 122 Å². The van der Waals surface area contributed by atoms with Crippen LogP contribution < -0.4 is 5.32 Å². The van der Waals surface area contributed by atoms with Crippen LogP contribution in [0.15, 0.2) is 18.2 Å². The van der Waals surface area contributed by atoms with Gasteiger partial charge in [0.1, 0.15) is 0 Å². The van der Waals surface area contributed by atoms with Crippen LogP contribution >= 0.6 is 0 Å². The summed E-state index contributed by atoms with van der Waals surface area (Å²) in [4.78, 5) is 14.6. The van der Waals surface area contributed by atoms with Crippen LogP contribution in [-0.4, -0.2) is 30.9 Å². The molecule has 1 aromatic carbocycles. The van der Waals surface area contributed by atoms with Gasteiger partial charge in [0.2, 0.25) is 5.91 Å². The third-order valence-corrected chi connectivity index (χ3v) is 4.25. The highest BCUT2D eigenvalue weighted by Crippen LogP contribution is 2.21. The zero-order valence-corrected chi connectivity index (χ0v) is 13.1. The van der Waals surface area contributed by atoms with Gasteiger partial charge in [-0.05, 0) is 58.3 Å². The molecule has 0 saturated carbocycles. The second kappa shape index (κ2) is 6.40. The Bertz CT molecular complexity index is 484. The fraction of sp³-hybridized carbons (Fsp3) is 0.588. The Morgan fingerprint density at radius 2 is 2.15 bits per heavy atom. The molecule has 1 amide bonds. The zero-order valence-electron chi connectivity index (χ0n) is 13.1. The van der Waals surface area contributed by atoms with Crippen LogP contribution in [-0.2, 0) is 4.79 Å². The van der Waals surface area contributed by atoms with E-state index < -0.39 is 0 Å². The van der Waals surface area contributed by atoms with Crippen molar-refractivity contribution in [1.82, 2.24) is 10.2 Å². The molecule has 2 atom stereocenters. The van der Waals surface area contributed by atoms with Gasteiger partial charge in [0.05, 0.1) is 12.0 Å². The van der Waals surface area contributed by atoms with Crippen molar-refractivity contribution in [3.8, 4) is 0 Å². The van der Waals surface area contributed by atoms with Gasteiger partial charge in [0.15, 0.2) is 0 Å². The van der Waals surface area contributed by atoms with Crippen LogP contribution in [0.4, 0.5) is 0 Å². The zero-order chi connectivity index (χ0) is 14.7. The summed E-state index contributed by atoms with van der Waals surface area (Å²) in [5.41, 5.74) is 3.73. The maximum absolute atomic E-state index is 12.4. The van der Waals surface area contributed by atoms with E-state index in [-0.39, 0.29) is 17.9 Å². The predicted molar refractivity (Wildman–Crippen MR) is 82.7 cm³/mol. The molecule has 0 spiro atoms. The van der Waals surface area contributed by atoms with Crippen molar-refractivity contribution < 1.29 is 4.79 Å². The molecule has 3 nitrogen and oxygen atoms in total. The minimum atomic E-state index is 0.0790. The van der Waals surface area contributed by atoms with Gasteiger partial charge in [-0.2, -0.15) is 0 Å². The average Bonchev–Trinajstić information content (AvgIpc) is 2.38. The number of likely N-dealkylation sites (tertiary alicyclic amines) is 1. The van der Waals surface area contributed by atoms with Crippen LogP contribution in [0, 0.1) is 19.8 Å². The quantitative estimate of drug-likeness (QED) is 0.919. The molecule has 110 valence electrons. The van der Waals surface area contributed by atoms with Crippen LogP contribution in [0.3, 0.4) is 0 Å². The van der Waals surface area contributed by atoms with Gasteiger partial charge in [-0.15, -0.1) is 0 Å². The molecule has 1 aromatic rings. The number of rotatable bonds is 3. The maximum atomic E-state index is 12.4. The lowest BCUT2D eigenvalue weighted by molar-refractivity contribution is -0.127. The van der Waals surface area contributed by atoms with Gasteiger partial charge < -0.3 is 10.2 Å². The van der Waals surface area contributed by atoms with Crippen LogP contribution in [0.5, 0.6) is 0 Å². The molecule has 1 fully saturated rings. The Kier molecular flexibility index (Phi) is 4.81. The maximum Gasteiger partial charge on any atom is 0.224 e. The molecular weight excluding hydrogens is 248 g/mol. The number of carbonyl (C=O) groups excluding carboxylic acids is 1. The molecule has 3 heteroatoms. The smallest absolute Gasteiger partial charge is 0.224 e. The largest absolute Gasteiger partial charge is 0.349 e. The fourth-order valence-electron chi connectivity index (χ4n) is 3.10. The highest BCUT2D eigenvalue weighted by Gasteiger charge is 2.25. The first-order chi connectivity index (χ1) is 9.47. The molecule has 0 unspecified atom stereocenters. The Morgan fingerprint density at radius 1 is 1.40 bits per heavy atom. The molecule has 0 aromatic heterocycles. The lowest BCUT2D eigenvalue weighted by Crippen LogP contribution is -2.42. The number of hydrogen-bond acceptors (Lipinski definition) is 2. The topological polar surface area (TPSA) is 32.3 Å². The normalized spacial score (nSPS) is 21.5. The van der Waals surface area contributed by atoms with E-state index >= 15 is 0 Å². The number of nitrogens with zero attached hydrogens (tertiary/aromatic N) is 1. The predicted octanol–water partition coefficient (Wildman–Crippen LogP) is 2.82. The summed E-state index contributed by atoms with van der Waals surface area (Å²) >= 11 is 0. The van der Waals surface area contributed by atoms with Gasteiger partial charge in [-0.1, -0.05) is 23.8 Å². The van der Waals surface area contributed by atoms with Gasteiger partial charge in [-0.25, -0.2) is 0 Å². The third kappa shape index (κ3) is 3.60. The number of aryl methyl sites for hydroxylation is 2. The molecule has 0 radical (unpaired) electrons. The van der Waals surface area contributed by atoms with E-state index in [9.17, 15) is 4.79 Å². The first-order valence-corrected chi connectivity index (χ1v) is 7.53. The fourth-order valence-corrected chi connectivity index (χ4v) is 3.10. The van der Waals surface area contributed by atoms with E-state index in [1.54, 1.807) is 0 Å². The molecule has 1 N–H and O–H groups in total. The van der Waals surface area contributed by atoms with E-state index in [0.29, 0.717) is 0 Å². The SMILES string of the molecule is Cc1ccc([C@@H](C)NC(=O)[C@H]2CCCN(C)C2)c(C)c1. The van der Waals surface area contributed by atoms with E-state index in [0.717, 1.165) is 25.9 Å². The molecule has 1 aliphatic heterocycles. The number of hydrogen-bond donors (Lipinski definition) is 1. The van der Waals surface area contributed by atoms with Gasteiger partial charge >= 0.3 is 0 Å². The molecule has 1 aliphatic rings. The summed E-state index contributed by atoms with van der Waals surface area (Å²) < 4.78 is 0. The Hall–Kier alpha value is -1.35. The van der Waals surface area contributed by atoms with Crippen molar-refractivity contribution in [3.05, 3.63) is 34.9 Å².